The van der Waals surface area contributed by atoms with Crippen molar-refractivity contribution < 1.29 is 9.53 Å². The minimum atomic E-state index is 0.541. The molecule has 0 atom stereocenters. The zero-order valence-corrected chi connectivity index (χ0v) is 11.8. The molecule has 0 aromatic heterocycles. The molecule has 1 aliphatic rings. The number of hydrogen-bond acceptors (Lipinski definition) is 2. The Balaban J connectivity index is 1.65. The molecule has 2 nitrogen and oxygen atoms in total. The summed E-state index contributed by atoms with van der Waals surface area (Å²) in [6, 6.07) is 18.1. The van der Waals surface area contributed by atoms with Gasteiger partial charge < -0.3 is 4.74 Å². The van der Waals surface area contributed by atoms with Crippen LogP contribution in [0, 0.1) is 5.92 Å². The van der Waals surface area contributed by atoms with Crippen molar-refractivity contribution in [3.8, 4) is 11.5 Å². The molecule has 106 valence electrons. The fourth-order valence-corrected chi connectivity index (χ4v) is 2.75. The number of allylic oxidation sites excluding steroid dienone is 2. The highest BCUT2D eigenvalue weighted by atomic mass is 16.5. The molecule has 1 saturated carbocycles. The molecule has 0 saturated heterocycles. The van der Waals surface area contributed by atoms with Gasteiger partial charge in [0, 0.05) is 0 Å². The summed E-state index contributed by atoms with van der Waals surface area (Å²) in [5.74, 6) is 2.85. The SMILES string of the molecule is O=C/C=C/[C@H]1C[C@@H](c2cccc(Oc3ccccc3)c2)C1. The van der Waals surface area contributed by atoms with E-state index in [2.05, 4.69) is 12.1 Å². The second-order valence-electron chi connectivity index (χ2n) is 5.44. The summed E-state index contributed by atoms with van der Waals surface area (Å²) in [5, 5.41) is 0. The lowest BCUT2D eigenvalue weighted by molar-refractivity contribution is -0.104. The molecule has 0 aliphatic heterocycles. The number of rotatable bonds is 5. The summed E-state index contributed by atoms with van der Waals surface area (Å²) < 4.78 is 5.87. The van der Waals surface area contributed by atoms with Crippen molar-refractivity contribution in [3.63, 3.8) is 0 Å². The van der Waals surface area contributed by atoms with Gasteiger partial charge in [-0.3, -0.25) is 4.79 Å². The van der Waals surface area contributed by atoms with Crippen molar-refractivity contribution >= 4 is 6.29 Å². The van der Waals surface area contributed by atoms with Crippen LogP contribution >= 0.6 is 0 Å². The number of carbonyl (C=O) groups excluding carboxylic acids is 1. The van der Waals surface area contributed by atoms with E-state index >= 15 is 0 Å². The van der Waals surface area contributed by atoms with Gasteiger partial charge in [-0.1, -0.05) is 36.4 Å². The Labute approximate surface area is 125 Å². The summed E-state index contributed by atoms with van der Waals surface area (Å²) >= 11 is 0. The fourth-order valence-electron chi connectivity index (χ4n) is 2.75. The van der Waals surface area contributed by atoms with Crippen molar-refractivity contribution in [2.24, 2.45) is 5.92 Å². The first kappa shape index (κ1) is 13.6. The van der Waals surface area contributed by atoms with Crippen molar-refractivity contribution in [2.45, 2.75) is 18.8 Å². The summed E-state index contributed by atoms with van der Waals surface area (Å²) in [7, 11) is 0. The van der Waals surface area contributed by atoms with Crippen LogP contribution in [-0.2, 0) is 4.79 Å². The van der Waals surface area contributed by atoms with Crippen LogP contribution < -0.4 is 4.74 Å². The third kappa shape index (κ3) is 3.40. The first-order valence-corrected chi connectivity index (χ1v) is 7.30. The summed E-state index contributed by atoms with van der Waals surface area (Å²) in [6.07, 6.45) is 6.68. The van der Waals surface area contributed by atoms with Crippen molar-refractivity contribution in [3.05, 3.63) is 72.3 Å². The van der Waals surface area contributed by atoms with Crippen LogP contribution in [0.4, 0.5) is 0 Å². The number of aldehydes is 1. The third-order valence-corrected chi connectivity index (χ3v) is 3.94. The van der Waals surface area contributed by atoms with Crippen LogP contribution in [0.2, 0.25) is 0 Å². The van der Waals surface area contributed by atoms with E-state index in [0.29, 0.717) is 11.8 Å². The lowest BCUT2D eigenvalue weighted by Gasteiger charge is -2.33. The van der Waals surface area contributed by atoms with Gasteiger partial charge in [0.05, 0.1) is 0 Å². The lowest BCUT2D eigenvalue weighted by atomic mass is 9.71. The number of para-hydroxylation sites is 1. The molecule has 2 aromatic rings. The molecule has 0 radical (unpaired) electrons. The summed E-state index contributed by atoms with van der Waals surface area (Å²) in [4.78, 5) is 10.3. The van der Waals surface area contributed by atoms with E-state index in [9.17, 15) is 4.79 Å². The smallest absolute Gasteiger partial charge is 0.142 e. The Kier molecular flexibility index (Phi) is 4.15. The van der Waals surface area contributed by atoms with Gasteiger partial charge in [0.2, 0.25) is 0 Å². The minimum Gasteiger partial charge on any atom is -0.457 e. The van der Waals surface area contributed by atoms with Crippen molar-refractivity contribution in [2.75, 3.05) is 0 Å². The van der Waals surface area contributed by atoms with Gasteiger partial charge in [-0.05, 0) is 60.6 Å². The molecule has 0 unspecified atom stereocenters. The molecule has 0 spiro atoms. The Bertz CT molecular complexity index is 625. The van der Waals surface area contributed by atoms with E-state index in [4.69, 9.17) is 4.74 Å². The predicted octanol–water partition coefficient (Wildman–Crippen LogP) is 4.73. The van der Waals surface area contributed by atoms with Gasteiger partial charge in [0.25, 0.3) is 0 Å². The van der Waals surface area contributed by atoms with Crippen LogP contribution in [0.25, 0.3) is 0 Å². The Hall–Kier alpha value is -2.35. The Morgan fingerprint density at radius 1 is 0.952 bits per heavy atom. The molecule has 2 aromatic carbocycles. The summed E-state index contributed by atoms with van der Waals surface area (Å²) in [6.45, 7) is 0. The van der Waals surface area contributed by atoms with Crippen LogP contribution in [0.15, 0.2) is 66.7 Å². The van der Waals surface area contributed by atoms with Crippen LogP contribution in [-0.4, -0.2) is 6.29 Å². The predicted molar refractivity (Wildman–Crippen MR) is 83.6 cm³/mol. The van der Waals surface area contributed by atoms with E-state index in [1.807, 2.05) is 48.5 Å². The normalized spacial score (nSPS) is 21.0. The van der Waals surface area contributed by atoms with E-state index in [-0.39, 0.29) is 0 Å². The standard InChI is InChI=1S/C19H18O2/c20-11-5-6-15-12-17(13-15)16-7-4-10-19(14-16)21-18-8-2-1-3-9-18/h1-11,14-15,17H,12-13H2/b6-5+/t15-,17+. The fraction of sp³-hybridized carbons (Fsp3) is 0.211. The zero-order chi connectivity index (χ0) is 14.5. The molecule has 2 heteroatoms. The highest BCUT2D eigenvalue weighted by Gasteiger charge is 2.28. The zero-order valence-electron chi connectivity index (χ0n) is 11.8. The number of carbonyl (C=O) groups is 1. The second kappa shape index (κ2) is 6.40. The molecule has 0 amide bonds. The second-order valence-corrected chi connectivity index (χ2v) is 5.44. The minimum absolute atomic E-state index is 0.541. The molecule has 21 heavy (non-hydrogen) atoms. The maximum Gasteiger partial charge on any atom is 0.142 e. The van der Waals surface area contributed by atoms with E-state index in [0.717, 1.165) is 30.6 Å². The first-order chi connectivity index (χ1) is 10.3. The maximum absolute atomic E-state index is 10.3. The molecule has 0 bridgehead atoms. The van der Waals surface area contributed by atoms with E-state index in [1.165, 1.54) is 5.56 Å². The van der Waals surface area contributed by atoms with Crippen molar-refractivity contribution in [1.82, 2.24) is 0 Å². The number of benzene rings is 2. The molecule has 0 heterocycles. The average molecular weight is 278 g/mol. The third-order valence-electron chi connectivity index (χ3n) is 3.94. The van der Waals surface area contributed by atoms with Crippen LogP contribution in [0.5, 0.6) is 11.5 Å². The first-order valence-electron chi connectivity index (χ1n) is 7.30. The molecule has 3 rings (SSSR count). The summed E-state index contributed by atoms with van der Waals surface area (Å²) in [5.41, 5.74) is 1.32. The highest BCUT2D eigenvalue weighted by Crippen LogP contribution is 2.43. The molecule has 1 fully saturated rings. The van der Waals surface area contributed by atoms with Gasteiger partial charge in [-0.25, -0.2) is 0 Å². The average Bonchev–Trinajstić information content (AvgIpc) is 2.47. The van der Waals surface area contributed by atoms with Gasteiger partial charge >= 0.3 is 0 Å². The number of ether oxygens (including phenoxy) is 1. The van der Waals surface area contributed by atoms with Crippen molar-refractivity contribution in [1.29, 1.82) is 0 Å². The monoisotopic (exact) mass is 278 g/mol. The quantitative estimate of drug-likeness (QED) is 0.584. The molecular formula is C19H18O2. The van der Waals surface area contributed by atoms with Crippen LogP contribution in [0.1, 0.15) is 24.3 Å². The number of hydrogen-bond donors (Lipinski definition) is 0. The van der Waals surface area contributed by atoms with E-state index < -0.39 is 0 Å². The highest BCUT2D eigenvalue weighted by molar-refractivity contribution is 5.64. The maximum atomic E-state index is 10.3. The molecular weight excluding hydrogens is 260 g/mol. The lowest BCUT2D eigenvalue weighted by Crippen LogP contribution is -2.19. The Morgan fingerprint density at radius 2 is 1.71 bits per heavy atom. The van der Waals surface area contributed by atoms with Gasteiger partial charge in [0.1, 0.15) is 17.8 Å². The van der Waals surface area contributed by atoms with Crippen LogP contribution in [0.3, 0.4) is 0 Å². The Morgan fingerprint density at radius 3 is 2.48 bits per heavy atom. The van der Waals surface area contributed by atoms with Gasteiger partial charge in [0.15, 0.2) is 0 Å². The molecule has 1 aliphatic carbocycles. The van der Waals surface area contributed by atoms with Gasteiger partial charge in [-0.15, -0.1) is 0 Å². The van der Waals surface area contributed by atoms with E-state index in [1.54, 1.807) is 6.08 Å². The topological polar surface area (TPSA) is 26.3 Å². The molecule has 0 N–H and O–H groups in total. The largest absolute Gasteiger partial charge is 0.457 e. The van der Waals surface area contributed by atoms with Gasteiger partial charge in [-0.2, -0.15) is 0 Å².